The van der Waals surface area contributed by atoms with E-state index in [1.807, 2.05) is 0 Å². The molecular weight excluding hydrogens is 342 g/mol. The standard InChI is InChI=1S/C5H10.3CHO.CH3.Re/c1-2-4-5-3-1;3*1-2;;/h1-5H2;3*1H;1H3;/q;4*-1;. The van der Waals surface area contributed by atoms with Crippen LogP contribution in [-0.4, -0.2) is 20.4 Å². The molecule has 0 spiro atoms. The van der Waals surface area contributed by atoms with Crippen LogP contribution >= 0.6 is 0 Å². The van der Waals surface area contributed by atoms with Crippen LogP contribution in [0.15, 0.2) is 0 Å². The van der Waals surface area contributed by atoms with Gasteiger partial charge in [-0.2, -0.15) is 0 Å². The summed E-state index contributed by atoms with van der Waals surface area (Å²) >= 11 is 0. The second-order valence-corrected chi connectivity index (χ2v) is 1.77. The van der Waals surface area contributed by atoms with E-state index in [0.29, 0.717) is 0 Å². The van der Waals surface area contributed by atoms with Gasteiger partial charge in [0, 0.05) is 20.4 Å². The molecule has 0 aromatic carbocycles. The fourth-order valence-electron chi connectivity index (χ4n) is 0.884. The molecule has 0 saturated heterocycles. The van der Waals surface area contributed by atoms with Crippen LogP contribution in [0.1, 0.15) is 32.1 Å². The Kier molecular flexibility index (Phi) is 137. The average Bonchev–Trinajstić information content (AvgIpc) is 2.71. The minimum Gasteiger partial charge on any atom is -0.545 e. The molecule has 1 aliphatic carbocycles. The molecule has 1 aliphatic rings. The van der Waals surface area contributed by atoms with Gasteiger partial charge in [-0.25, -0.2) is 0 Å². The third-order valence-electron chi connectivity index (χ3n) is 1.25. The molecule has 0 unspecified atom stereocenters. The molecule has 0 N–H and O–H groups in total. The van der Waals surface area contributed by atoms with Gasteiger partial charge in [-0.05, 0) is 0 Å². The zero-order valence-electron chi connectivity index (χ0n) is 7.87. The molecule has 0 aromatic heterocycles. The van der Waals surface area contributed by atoms with Crippen LogP contribution in [0.4, 0.5) is 0 Å². The van der Waals surface area contributed by atoms with Crippen LogP contribution in [-0.2, 0) is 34.8 Å². The topological polar surface area (TPSA) is 51.2 Å². The molecule has 4 heteroatoms. The summed E-state index contributed by atoms with van der Waals surface area (Å²) in [5, 5.41) is 0. The van der Waals surface area contributed by atoms with Crippen LogP contribution in [0.2, 0.25) is 0 Å². The first-order valence-electron chi connectivity index (χ1n) is 3.21. The molecule has 3 nitrogen and oxygen atoms in total. The Balaban J connectivity index is -0.0000000239. The molecule has 0 atom stereocenters. The Morgan fingerprint density at radius 3 is 0.692 bits per heavy atom. The van der Waals surface area contributed by atoms with Crippen LogP contribution in [0.5, 0.6) is 0 Å². The van der Waals surface area contributed by atoms with E-state index in [4.69, 9.17) is 14.4 Å². The predicted molar refractivity (Wildman–Crippen MR) is 49.8 cm³/mol. The van der Waals surface area contributed by atoms with Crippen molar-refractivity contribution < 1.29 is 34.8 Å². The summed E-state index contributed by atoms with van der Waals surface area (Å²) in [4.78, 5) is 23.2. The van der Waals surface area contributed by atoms with Crippen molar-refractivity contribution in [3.8, 4) is 0 Å². The van der Waals surface area contributed by atoms with Crippen molar-refractivity contribution >= 4 is 20.4 Å². The Hall–Kier alpha value is -0.328. The maximum Gasteiger partial charge on any atom is 0 e. The van der Waals surface area contributed by atoms with Crippen LogP contribution in [0.25, 0.3) is 0 Å². The van der Waals surface area contributed by atoms with E-state index >= 15 is 0 Å². The van der Waals surface area contributed by atoms with Crippen molar-refractivity contribution in [2.45, 2.75) is 32.1 Å². The van der Waals surface area contributed by atoms with Crippen molar-refractivity contribution in [3.63, 3.8) is 0 Å². The Labute approximate surface area is 94.9 Å². The second-order valence-electron chi connectivity index (χ2n) is 1.77. The summed E-state index contributed by atoms with van der Waals surface area (Å²) in [5.41, 5.74) is 0. The fourth-order valence-corrected chi connectivity index (χ4v) is 0.884. The smallest absolute Gasteiger partial charge is 0 e. The van der Waals surface area contributed by atoms with Gasteiger partial charge in [0.2, 0.25) is 0 Å². The molecule has 1 rings (SSSR count). The SMILES string of the molecule is C1CCCC1.[CH-]=O.[CH-]=O.[CH-]=O.[CH3-].[Re]. The van der Waals surface area contributed by atoms with Gasteiger partial charge in [-0.15, -0.1) is 0 Å². The first-order valence-corrected chi connectivity index (χ1v) is 3.21. The summed E-state index contributed by atoms with van der Waals surface area (Å²) in [5.74, 6) is 0. The summed E-state index contributed by atoms with van der Waals surface area (Å²) < 4.78 is 0. The molecule has 0 aliphatic heterocycles. The molecule has 1 fully saturated rings. The molecule has 0 heterocycles. The van der Waals surface area contributed by atoms with Crippen molar-refractivity contribution in [3.05, 3.63) is 7.43 Å². The normalized spacial score (nSPS) is 10.2. The Morgan fingerprint density at radius 2 is 0.615 bits per heavy atom. The van der Waals surface area contributed by atoms with Crippen molar-refractivity contribution in [2.75, 3.05) is 0 Å². The molecule has 0 bridgehead atoms. The zero-order valence-corrected chi connectivity index (χ0v) is 10.6. The summed E-state index contributed by atoms with van der Waals surface area (Å²) in [6, 6.07) is 0. The van der Waals surface area contributed by atoms with Crippen molar-refractivity contribution in [1.29, 1.82) is 0 Å². The van der Waals surface area contributed by atoms with Gasteiger partial charge in [-0.1, -0.05) is 32.1 Å². The zero-order chi connectivity index (χ0) is 9.54. The van der Waals surface area contributed by atoms with Crippen LogP contribution in [0, 0.1) is 7.43 Å². The minimum absolute atomic E-state index is 0. The van der Waals surface area contributed by atoms with E-state index in [1.54, 1.807) is 0 Å². The summed E-state index contributed by atoms with van der Waals surface area (Å²) in [6.45, 7) is 9.75. The summed E-state index contributed by atoms with van der Waals surface area (Å²) in [6.07, 6.45) is 7.50. The van der Waals surface area contributed by atoms with Gasteiger partial charge in [0.05, 0.1) is 0 Å². The molecule has 0 aromatic rings. The van der Waals surface area contributed by atoms with Crippen LogP contribution in [0.3, 0.4) is 0 Å². The Morgan fingerprint density at radius 1 is 0.538 bits per heavy atom. The largest absolute Gasteiger partial charge is 0.545 e. The van der Waals surface area contributed by atoms with Crippen LogP contribution < -0.4 is 0 Å². The number of hydrogen-bond donors (Lipinski definition) is 0. The maximum atomic E-state index is 7.75. The number of hydrogen-bond acceptors (Lipinski definition) is 3. The van der Waals surface area contributed by atoms with E-state index in [1.165, 1.54) is 32.1 Å². The molecular formula is C9H16O3Re-4. The van der Waals surface area contributed by atoms with Gasteiger partial charge in [0.25, 0.3) is 0 Å². The van der Waals surface area contributed by atoms with Gasteiger partial charge in [0.1, 0.15) is 0 Å². The first kappa shape index (κ1) is 29.3. The predicted octanol–water partition coefficient (Wildman–Crippen LogP) is 1.58. The van der Waals surface area contributed by atoms with E-state index in [0.717, 1.165) is 0 Å². The third kappa shape index (κ3) is 50.0. The van der Waals surface area contributed by atoms with Crippen molar-refractivity contribution in [1.82, 2.24) is 0 Å². The first-order chi connectivity index (χ1) is 5.50. The van der Waals surface area contributed by atoms with Gasteiger partial charge < -0.3 is 21.8 Å². The minimum atomic E-state index is 0. The second kappa shape index (κ2) is 60.9. The van der Waals surface area contributed by atoms with Gasteiger partial charge in [0.15, 0.2) is 0 Å². The number of carbonyl (C=O) groups excluding carboxylic acids is 3. The van der Waals surface area contributed by atoms with E-state index < -0.39 is 0 Å². The molecule has 1 saturated carbocycles. The monoisotopic (exact) mass is 359 g/mol. The molecule has 81 valence electrons. The van der Waals surface area contributed by atoms with E-state index in [2.05, 4.69) is 20.4 Å². The molecule has 13 heavy (non-hydrogen) atoms. The van der Waals surface area contributed by atoms with E-state index in [-0.39, 0.29) is 27.8 Å². The third-order valence-corrected chi connectivity index (χ3v) is 1.25. The van der Waals surface area contributed by atoms with Crippen molar-refractivity contribution in [2.24, 2.45) is 0 Å². The Bertz CT molecular complexity index is 46.5. The molecule has 0 amide bonds. The number of rotatable bonds is 0. The average molecular weight is 358 g/mol. The van der Waals surface area contributed by atoms with Gasteiger partial charge >= 0.3 is 0 Å². The quantitative estimate of drug-likeness (QED) is 0.488. The van der Waals surface area contributed by atoms with E-state index in [9.17, 15) is 0 Å². The fraction of sp³-hybridized carbons (Fsp3) is 0.556. The van der Waals surface area contributed by atoms with Gasteiger partial charge in [-0.3, -0.25) is 20.4 Å². The molecule has 1 radical (unpaired) electrons. The maximum absolute atomic E-state index is 7.75. The summed E-state index contributed by atoms with van der Waals surface area (Å²) in [7, 11) is 0.